The van der Waals surface area contributed by atoms with Crippen LogP contribution in [0.4, 0.5) is 5.69 Å². The zero-order valence-corrected chi connectivity index (χ0v) is 16.5. The molecule has 0 heterocycles. The first kappa shape index (κ1) is 21.0. The molecule has 0 aliphatic heterocycles. The molecule has 0 saturated carbocycles. The van der Waals surface area contributed by atoms with Crippen molar-refractivity contribution in [1.82, 2.24) is 5.32 Å². The van der Waals surface area contributed by atoms with Gasteiger partial charge in [0.2, 0.25) is 11.8 Å². The van der Waals surface area contributed by atoms with E-state index in [9.17, 15) is 9.59 Å². The van der Waals surface area contributed by atoms with Gasteiger partial charge in [-0.15, -0.1) is 0 Å². The van der Waals surface area contributed by atoms with Crippen LogP contribution in [0.2, 0.25) is 0 Å². The maximum Gasteiger partial charge on any atom is 0.248 e. The fourth-order valence-corrected chi connectivity index (χ4v) is 2.45. The Kier molecular flexibility index (Phi) is 8.09. The van der Waals surface area contributed by atoms with Crippen LogP contribution in [0.15, 0.2) is 48.5 Å². The van der Waals surface area contributed by atoms with Gasteiger partial charge in [-0.1, -0.05) is 25.1 Å². The Hall–Kier alpha value is -3.28. The largest absolute Gasteiger partial charge is 0.493 e. The number of carbonyl (C=O) groups is 2. The molecule has 2 amide bonds. The van der Waals surface area contributed by atoms with Crippen LogP contribution in [-0.4, -0.2) is 32.6 Å². The molecule has 0 aliphatic rings. The van der Waals surface area contributed by atoms with Crippen LogP contribution in [0.25, 0.3) is 6.08 Å². The van der Waals surface area contributed by atoms with E-state index in [0.29, 0.717) is 30.2 Å². The molecule has 2 N–H and O–H groups in total. The summed E-state index contributed by atoms with van der Waals surface area (Å²) in [6, 6.07) is 12.7. The van der Waals surface area contributed by atoms with Gasteiger partial charge in [0.15, 0.2) is 11.5 Å². The van der Waals surface area contributed by atoms with Crippen molar-refractivity contribution in [2.24, 2.45) is 0 Å². The summed E-state index contributed by atoms with van der Waals surface area (Å²) in [6.07, 6.45) is 4.39. The van der Waals surface area contributed by atoms with Crippen molar-refractivity contribution in [3.05, 3.63) is 59.7 Å². The summed E-state index contributed by atoms with van der Waals surface area (Å²) in [4.78, 5) is 23.5. The molecule has 0 spiro atoms. The Bertz CT molecular complexity index is 829. The van der Waals surface area contributed by atoms with Crippen molar-refractivity contribution in [2.75, 3.05) is 26.1 Å². The van der Waals surface area contributed by atoms with E-state index in [1.165, 1.54) is 6.08 Å². The molecule has 0 atom stereocenters. The van der Waals surface area contributed by atoms with Gasteiger partial charge in [-0.05, 0) is 47.9 Å². The van der Waals surface area contributed by atoms with Crippen molar-refractivity contribution in [2.45, 2.75) is 19.8 Å². The number of benzene rings is 2. The fraction of sp³-hybridized carbons (Fsp3) is 0.273. The summed E-state index contributed by atoms with van der Waals surface area (Å²) < 4.78 is 11.0. The van der Waals surface area contributed by atoms with E-state index in [1.54, 1.807) is 32.4 Å². The quantitative estimate of drug-likeness (QED) is 0.652. The molecule has 0 radical (unpaired) electrons. The first-order valence-corrected chi connectivity index (χ1v) is 9.15. The first-order valence-electron chi connectivity index (χ1n) is 9.15. The summed E-state index contributed by atoms with van der Waals surface area (Å²) >= 11 is 0. The third-order valence-corrected chi connectivity index (χ3v) is 3.94. The Balaban J connectivity index is 1.96. The molecule has 0 fully saturated rings. The molecule has 2 aromatic carbocycles. The summed E-state index contributed by atoms with van der Waals surface area (Å²) in [5.41, 5.74) is 2.37. The molecule has 2 aromatic rings. The SMILES string of the molecule is CCCOc1ccc(/C=C/C(=O)Nc2ccc(CC(=O)NC)cc2)cc1OC. The zero-order chi connectivity index (χ0) is 20.4. The van der Waals surface area contributed by atoms with Gasteiger partial charge in [-0.2, -0.15) is 0 Å². The highest BCUT2D eigenvalue weighted by atomic mass is 16.5. The minimum Gasteiger partial charge on any atom is -0.493 e. The average molecular weight is 382 g/mol. The van der Waals surface area contributed by atoms with E-state index in [1.807, 2.05) is 37.3 Å². The van der Waals surface area contributed by atoms with Crippen molar-refractivity contribution in [3.8, 4) is 11.5 Å². The number of rotatable bonds is 9. The number of methoxy groups -OCH3 is 1. The topological polar surface area (TPSA) is 76.7 Å². The lowest BCUT2D eigenvalue weighted by atomic mass is 10.1. The molecule has 0 aromatic heterocycles. The number of nitrogens with one attached hydrogen (secondary N) is 2. The van der Waals surface area contributed by atoms with Gasteiger partial charge in [0.25, 0.3) is 0 Å². The summed E-state index contributed by atoms with van der Waals surface area (Å²) in [6.45, 7) is 2.66. The Morgan fingerprint density at radius 3 is 2.46 bits per heavy atom. The molecular formula is C22H26N2O4. The number of ether oxygens (including phenoxy) is 2. The molecule has 0 saturated heterocycles. The van der Waals surface area contributed by atoms with E-state index in [-0.39, 0.29) is 11.8 Å². The Morgan fingerprint density at radius 1 is 1.07 bits per heavy atom. The highest BCUT2D eigenvalue weighted by Gasteiger charge is 2.05. The average Bonchev–Trinajstić information content (AvgIpc) is 2.72. The van der Waals surface area contributed by atoms with Crippen molar-refractivity contribution in [3.63, 3.8) is 0 Å². The summed E-state index contributed by atoms with van der Waals surface area (Å²) in [5.74, 6) is 1.01. The van der Waals surface area contributed by atoms with Gasteiger partial charge in [-0.25, -0.2) is 0 Å². The Morgan fingerprint density at radius 2 is 1.82 bits per heavy atom. The fourth-order valence-electron chi connectivity index (χ4n) is 2.45. The molecule has 2 rings (SSSR count). The van der Waals surface area contributed by atoms with Crippen LogP contribution in [0.1, 0.15) is 24.5 Å². The number of carbonyl (C=O) groups excluding carboxylic acids is 2. The normalized spacial score (nSPS) is 10.5. The highest BCUT2D eigenvalue weighted by molar-refractivity contribution is 6.02. The number of likely N-dealkylation sites (N-methyl/N-ethyl adjacent to an activating group) is 1. The van der Waals surface area contributed by atoms with Crippen LogP contribution in [-0.2, 0) is 16.0 Å². The van der Waals surface area contributed by atoms with Gasteiger partial charge in [0.05, 0.1) is 20.1 Å². The lowest BCUT2D eigenvalue weighted by Crippen LogP contribution is -2.19. The van der Waals surface area contributed by atoms with E-state index in [4.69, 9.17) is 9.47 Å². The third kappa shape index (κ3) is 6.46. The van der Waals surface area contributed by atoms with Crippen molar-refractivity contribution in [1.29, 1.82) is 0 Å². The number of hydrogen-bond acceptors (Lipinski definition) is 4. The molecule has 6 heteroatoms. The van der Waals surface area contributed by atoms with Crippen molar-refractivity contribution < 1.29 is 19.1 Å². The van der Waals surface area contributed by atoms with E-state index < -0.39 is 0 Å². The molecule has 6 nitrogen and oxygen atoms in total. The van der Waals surface area contributed by atoms with Crippen LogP contribution >= 0.6 is 0 Å². The standard InChI is InChI=1S/C22H26N2O4/c1-4-13-28-19-11-7-16(14-20(19)27-3)8-12-21(25)24-18-9-5-17(6-10-18)15-22(26)23-2/h5-12,14H,4,13,15H2,1-3H3,(H,23,26)(H,24,25)/b12-8+. The summed E-state index contributed by atoms with van der Waals surface area (Å²) in [7, 11) is 3.19. The van der Waals surface area contributed by atoms with Crippen molar-refractivity contribution >= 4 is 23.6 Å². The van der Waals surface area contributed by atoms with Gasteiger partial charge < -0.3 is 20.1 Å². The van der Waals surface area contributed by atoms with Gasteiger partial charge >= 0.3 is 0 Å². The molecule has 0 unspecified atom stereocenters. The highest BCUT2D eigenvalue weighted by Crippen LogP contribution is 2.28. The molecule has 0 aliphatic carbocycles. The number of amides is 2. The molecule has 28 heavy (non-hydrogen) atoms. The van der Waals surface area contributed by atoms with E-state index in [0.717, 1.165) is 17.5 Å². The molecular weight excluding hydrogens is 356 g/mol. The zero-order valence-electron chi connectivity index (χ0n) is 16.5. The Labute approximate surface area is 165 Å². The third-order valence-electron chi connectivity index (χ3n) is 3.94. The minimum absolute atomic E-state index is 0.0544. The van der Waals surface area contributed by atoms with E-state index in [2.05, 4.69) is 10.6 Å². The van der Waals surface area contributed by atoms with Crippen LogP contribution in [0.5, 0.6) is 11.5 Å². The monoisotopic (exact) mass is 382 g/mol. The predicted molar refractivity (Wildman–Crippen MR) is 111 cm³/mol. The molecule has 0 bridgehead atoms. The van der Waals surface area contributed by atoms with Crippen LogP contribution in [0, 0.1) is 0 Å². The maximum absolute atomic E-state index is 12.1. The van der Waals surface area contributed by atoms with Crippen LogP contribution < -0.4 is 20.1 Å². The van der Waals surface area contributed by atoms with Crippen LogP contribution in [0.3, 0.4) is 0 Å². The van der Waals surface area contributed by atoms with Gasteiger partial charge in [0, 0.05) is 18.8 Å². The first-order chi connectivity index (χ1) is 13.5. The number of hydrogen-bond donors (Lipinski definition) is 2. The van der Waals surface area contributed by atoms with E-state index >= 15 is 0 Å². The smallest absolute Gasteiger partial charge is 0.248 e. The molecule has 148 valence electrons. The van der Waals surface area contributed by atoms with Gasteiger partial charge in [0.1, 0.15) is 0 Å². The minimum atomic E-state index is -0.246. The number of anilines is 1. The summed E-state index contributed by atoms with van der Waals surface area (Å²) in [5, 5.41) is 5.37. The predicted octanol–water partition coefficient (Wildman–Crippen LogP) is 3.42. The second kappa shape index (κ2) is 10.8. The second-order valence-electron chi connectivity index (χ2n) is 6.13. The lowest BCUT2D eigenvalue weighted by Gasteiger charge is -2.10. The maximum atomic E-state index is 12.1. The second-order valence-corrected chi connectivity index (χ2v) is 6.13. The lowest BCUT2D eigenvalue weighted by molar-refractivity contribution is -0.120. The van der Waals surface area contributed by atoms with Gasteiger partial charge in [-0.3, -0.25) is 9.59 Å².